The van der Waals surface area contributed by atoms with Gasteiger partial charge in [-0.1, -0.05) is 0 Å². The van der Waals surface area contributed by atoms with Crippen molar-refractivity contribution in [1.29, 1.82) is 0 Å². The molecule has 18 heavy (non-hydrogen) atoms. The van der Waals surface area contributed by atoms with Gasteiger partial charge in [0.05, 0.1) is 12.5 Å². The van der Waals surface area contributed by atoms with Crippen molar-refractivity contribution in [2.45, 2.75) is 25.9 Å². The minimum atomic E-state index is -0.235. The quantitative estimate of drug-likeness (QED) is 0.764. The normalized spacial score (nSPS) is 21.1. The second kappa shape index (κ2) is 5.16. The summed E-state index contributed by atoms with van der Waals surface area (Å²) in [5.74, 6) is -0.278. The highest BCUT2D eigenvalue weighted by molar-refractivity contribution is 5.89. The maximum Gasteiger partial charge on any atom is 0.225 e. The largest absolute Gasteiger partial charge is 0.351 e. The van der Waals surface area contributed by atoms with Crippen molar-refractivity contribution in [3.8, 4) is 0 Å². The molecule has 0 aromatic carbocycles. The van der Waals surface area contributed by atoms with Gasteiger partial charge in [0, 0.05) is 26.1 Å². The first kappa shape index (κ1) is 12.5. The van der Waals surface area contributed by atoms with Gasteiger partial charge < -0.3 is 10.2 Å². The summed E-state index contributed by atoms with van der Waals surface area (Å²) < 4.78 is 1.66. The van der Waals surface area contributed by atoms with Gasteiger partial charge in [-0.2, -0.15) is 5.10 Å². The molecule has 2 rings (SSSR count). The molecule has 0 saturated carbocycles. The van der Waals surface area contributed by atoms with E-state index in [2.05, 4.69) is 15.4 Å². The Hall–Kier alpha value is -1.92. The Morgan fingerprint density at radius 2 is 2.44 bits per heavy atom. The average molecular weight is 251 g/mol. The first-order chi connectivity index (χ1) is 8.56. The maximum atomic E-state index is 11.9. The fraction of sp³-hybridized carbons (Fsp3) is 0.636. The predicted octanol–water partition coefficient (Wildman–Crippen LogP) is -0.739. The molecular formula is C11H17N5O2. The lowest BCUT2D eigenvalue weighted by atomic mass is 10.1. The van der Waals surface area contributed by atoms with Gasteiger partial charge in [-0.05, 0) is 6.92 Å². The molecule has 1 aliphatic heterocycles. The van der Waals surface area contributed by atoms with E-state index in [0.717, 1.165) is 0 Å². The number of rotatable bonds is 4. The van der Waals surface area contributed by atoms with Crippen LogP contribution < -0.4 is 5.32 Å². The predicted molar refractivity (Wildman–Crippen MR) is 63.4 cm³/mol. The van der Waals surface area contributed by atoms with E-state index in [1.807, 2.05) is 6.92 Å². The van der Waals surface area contributed by atoms with Crippen molar-refractivity contribution in [3.05, 3.63) is 12.7 Å². The van der Waals surface area contributed by atoms with Crippen molar-refractivity contribution in [2.24, 2.45) is 5.92 Å². The second-order valence-corrected chi connectivity index (χ2v) is 4.70. The zero-order chi connectivity index (χ0) is 13.1. The highest BCUT2D eigenvalue weighted by Crippen LogP contribution is 2.16. The SMILES string of the molecule is C[C@H](Cn1cncn1)NC(=O)[C@H]1CC(=O)N(C)C1. The van der Waals surface area contributed by atoms with Gasteiger partial charge in [-0.3, -0.25) is 14.3 Å². The van der Waals surface area contributed by atoms with Crippen LogP contribution >= 0.6 is 0 Å². The van der Waals surface area contributed by atoms with Crippen LogP contribution in [0.25, 0.3) is 0 Å². The smallest absolute Gasteiger partial charge is 0.225 e. The number of carbonyl (C=O) groups excluding carboxylic acids is 2. The number of hydrogen-bond donors (Lipinski definition) is 1. The van der Waals surface area contributed by atoms with Gasteiger partial charge in [0.1, 0.15) is 12.7 Å². The molecule has 1 aromatic rings. The number of hydrogen-bond acceptors (Lipinski definition) is 4. The lowest BCUT2D eigenvalue weighted by Crippen LogP contribution is -2.40. The van der Waals surface area contributed by atoms with E-state index in [1.165, 1.54) is 6.33 Å². The van der Waals surface area contributed by atoms with E-state index in [4.69, 9.17) is 0 Å². The number of amides is 2. The van der Waals surface area contributed by atoms with Crippen LogP contribution in [0.4, 0.5) is 0 Å². The summed E-state index contributed by atoms with van der Waals surface area (Å²) in [5.41, 5.74) is 0. The molecule has 7 nitrogen and oxygen atoms in total. The van der Waals surface area contributed by atoms with Crippen LogP contribution in [0.15, 0.2) is 12.7 Å². The minimum absolute atomic E-state index is 0.0269. The van der Waals surface area contributed by atoms with Gasteiger partial charge in [0.15, 0.2) is 0 Å². The van der Waals surface area contributed by atoms with Crippen molar-refractivity contribution in [1.82, 2.24) is 25.0 Å². The molecule has 1 N–H and O–H groups in total. The van der Waals surface area contributed by atoms with E-state index in [9.17, 15) is 9.59 Å². The Kier molecular flexibility index (Phi) is 3.59. The zero-order valence-corrected chi connectivity index (χ0v) is 10.5. The molecule has 1 saturated heterocycles. The van der Waals surface area contributed by atoms with Gasteiger partial charge >= 0.3 is 0 Å². The number of carbonyl (C=O) groups is 2. The van der Waals surface area contributed by atoms with Gasteiger partial charge in [0.2, 0.25) is 11.8 Å². The lowest BCUT2D eigenvalue weighted by Gasteiger charge is -2.16. The van der Waals surface area contributed by atoms with Gasteiger partial charge in [0.25, 0.3) is 0 Å². The number of nitrogens with zero attached hydrogens (tertiary/aromatic N) is 4. The molecule has 1 aromatic heterocycles. The number of aromatic nitrogens is 3. The number of likely N-dealkylation sites (tertiary alicyclic amines) is 1. The molecule has 2 amide bonds. The Labute approximate surface area is 105 Å². The molecule has 98 valence electrons. The number of nitrogens with one attached hydrogen (secondary N) is 1. The third kappa shape index (κ3) is 2.85. The Balaban J connectivity index is 1.82. The molecule has 2 heterocycles. The lowest BCUT2D eigenvalue weighted by molar-refractivity contribution is -0.128. The standard InChI is InChI=1S/C11H17N5O2/c1-8(4-16-7-12-6-13-16)14-11(18)9-3-10(17)15(2)5-9/h6-9H,3-5H2,1-2H3,(H,14,18)/t8-,9+/m1/s1. The third-order valence-electron chi connectivity index (χ3n) is 3.03. The summed E-state index contributed by atoms with van der Waals surface area (Å²) in [4.78, 5) is 28.7. The van der Waals surface area contributed by atoms with E-state index in [0.29, 0.717) is 19.5 Å². The summed E-state index contributed by atoms with van der Waals surface area (Å²) in [6.07, 6.45) is 3.37. The van der Waals surface area contributed by atoms with Crippen LogP contribution in [-0.2, 0) is 16.1 Å². The molecule has 7 heteroatoms. The molecule has 2 atom stereocenters. The van der Waals surface area contributed by atoms with Crippen LogP contribution in [0.1, 0.15) is 13.3 Å². The summed E-state index contributed by atoms with van der Waals surface area (Å²) >= 11 is 0. The Morgan fingerprint density at radius 1 is 1.67 bits per heavy atom. The highest BCUT2D eigenvalue weighted by Gasteiger charge is 2.32. The zero-order valence-electron chi connectivity index (χ0n) is 10.5. The van der Waals surface area contributed by atoms with Crippen LogP contribution in [0.5, 0.6) is 0 Å². The highest BCUT2D eigenvalue weighted by atomic mass is 16.2. The second-order valence-electron chi connectivity index (χ2n) is 4.70. The van der Waals surface area contributed by atoms with E-state index >= 15 is 0 Å². The molecular weight excluding hydrogens is 234 g/mol. The summed E-state index contributed by atoms with van der Waals surface area (Å²) in [6.45, 7) is 2.98. The van der Waals surface area contributed by atoms with Gasteiger partial charge in [-0.15, -0.1) is 0 Å². The molecule has 0 radical (unpaired) electrons. The molecule has 0 unspecified atom stereocenters. The summed E-state index contributed by atoms with van der Waals surface area (Å²) in [7, 11) is 1.72. The Morgan fingerprint density at radius 3 is 3.00 bits per heavy atom. The van der Waals surface area contributed by atoms with Crippen molar-refractivity contribution < 1.29 is 9.59 Å². The van der Waals surface area contributed by atoms with Crippen LogP contribution in [0.2, 0.25) is 0 Å². The summed E-state index contributed by atoms with van der Waals surface area (Å²) in [6, 6.07) is -0.0415. The van der Waals surface area contributed by atoms with E-state index in [1.54, 1.807) is 23.0 Å². The van der Waals surface area contributed by atoms with Crippen molar-refractivity contribution in [3.63, 3.8) is 0 Å². The molecule has 1 fully saturated rings. The van der Waals surface area contributed by atoms with Crippen LogP contribution in [-0.4, -0.2) is 51.1 Å². The minimum Gasteiger partial charge on any atom is -0.351 e. The molecule has 0 bridgehead atoms. The first-order valence-electron chi connectivity index (χ1n) is 5.93. The maximum absolute atomic E-state index is 11.9. The summed E-state index contributed by atoms with van der Waals surface area (Å²) in [5, 5.41) is 6.87. The first-order valence-corrected chi connectivity index (χ1v) is 5.93. The monoisotopic (exact) mass is 251 g/mol. The van der Waals surface area contributed by atoms with E-state index in [-0.39, 0.29) is 23.8 Å². The fourth-order valence-corrected chi connectivity index (χ4v) is 2.05. The molecule has 1 aliphatic rings. The Bertz CT molecular complexity index is 431. The van der Waals surface area contributed by atoms with Crippen molar-refractivity contribution >= 4 is 11.8 Å². The topological polar surface area (TPSA) is 80.1 Å². The van der Waals surface area contributed by atoms with Crippen molar-refractivity contribution in [2.75, 3.05) is 13.6 Å². The molecule has 0 spiro atoms. The van der Waals surface area contributed by atoms with Gasteiger partial charge in [-0.25, -0.2) is 4.98 Å². The van der Waals surface area contributed by atoms with Crippen LogP contribution in [0.3, 0.4) is 0 Å². The third-order valence-corrected chi connectivity index (χ3v) is 3.03. The fourth-order valence-electron chi connectivity index (χ4n) is 2.05. The average Bonchev–Trinajstić information content (AvgIpc) is 2.90. The van der Waals surface area contributed by atoms with E-state index < -0.39 is 0 Å². The van der Waals surface area contributed by atoms with Crippen LogP contribution in [0, 0.1) is 5.92 Å². The molecule has 0 aliphatic carbocycles.